The molecule has 0 heterocycles. The minimum absolute atomic E-state index is 0.225. The van der Waals surface area contributed by atoms with Gasteiger partial charge in [-0.2, -0.15) is 11.8 Å². The van der Waals surface area contributed by atoms with E-state index < -0.39 is 29.3 Å². The highest BCUT2D eigenvalue weighted by atomic mass is 32.2. The summed E-state index contributed by atoms with van der Waals surface area (Å²) in [4.78, 5) is 42.0. The lowest BCUT2D eigenvalue weighted by Crippen LogP contribution is -2.58. The van der Waals surface area contributed by atoms with Crippen molar-refractivity contribution in [3.05, 3.63) is 35.4 Å². The third-order valence-corrected chi connectivity index (χ3v) is 6.02. The molecule has 0 fully saturated rings. The third-order valence-electron chi connectivity index (χ3n) is 5.38. The van der Waals surface area contributed by atoms with Gasteiger partial charge in [0, 0.05) is 12.1 Å². The standard InChI is InChI=1S/C27H45N3O4S/c1-10-11-17-28-23(31)22(20-15-13-12-14-19(20)2)30(26(3,4)5)24(32)21(16-18-35-9)29-25(33)34-27(6,7)8/h12-15,21-22H,10-11,16-18H2,1-9H3,(H,28,31)(H,29,33). The summed E-state index contributed by atoms with van der Waals surface area (Å²) in [5, 5.41) is 5.80. The fourth-order valence-electron chi connectivity index (χ4n) is 3.73. The van der Waals surface area contributed by atoms with Gasteiger partial charge in [0.2, 0.25) is 11.8 Å². The minimum Gasteiger partial charge on any atom is -0.444 e. The number of unbranched alkanes of at least 4 members (excludes halogenated alkanes) is 1. The Balaban J connectivity index is 3.50. The fraction of sp³-hybridized carbons (Fsp3) is 0.667. The van der Waals surface area contributed by atoms with E-state index >= 15 is 0 Å². The molecule has 0 radical (unpaired) electrons. The molecule has 35 heavy (non-hydrogen) atoms. The van der Waals surface area contributed by atoms with E-state index in [1.54, 1.807) is 37.4 Å². The van der Waals surface area contributed by atoms with Crippen molar-refractivity contribution in [3.63, 3.8) is 0 Å². The number of benzene rings is 1. The Bertz CT molecular complexity index is 846. The van der Waals surface area contributed by atoms with Gasteiger partial charge in [0.1, 0.15) is 17.7 Å². The number of hydrogen-bond acceptors (Lipinski definition) is 5. The van der Waals surface area contributed by atoms with Gasteiger partial charge in [0.25, 0.3) is 0 Å². The van der Waals surface area contributed by atoms with Crippen LogP contribution in [0.5, 0.6) is 0 Å². The molecule has 0 aromatic heterocycles. The van der Waals surface area contributed by atoms with Crippen molar-refractivity contribution >= 4 is 29.7 Å². The zero-order chi connectivity index (χ0) is 26.8. The molecular formula is C27H45N3O4S. The molecule has 1 aromatic rings. The molecule has 7 nitrogen and oxygen atoms in total. The van der Waals surface area contributed by atoms with Gasteiger partial charge >= 0.3 is 6.09 Å². The number of thioether (sulfide) groups is 1. The van der Waals surface area contributed by atoms with E-state index in [4.69, 9.17) is 4.74 Å². The zero-order valence-electron chi connectivity index (χ0n) is 23.0. The second-order valence-corrected chi connectivity index (χ2v) is 11.7. The van der Waals surface area contributed by atoms with Crippen molar-refractivity contribution in [2.45, 2.75) is 97.9 Å². The fourth-order valence-corrected chi connectivity index (χ4v) is 4.20. The predicted molar refractivity (Wildman–Crippen MR) is 145 cm³/mol. The largest absolute Gasteiger partial charge is 0.444 e. The minimum atomic E-state index is -0.835. The second-order valence-electron chi connectivity index (χ2n) is 10.8. The van der Waals surface area contributed by atoms with Crippen LogP contribution in [0.3, 0.4) is 0 Å². The second kappa shape index (κ2) is 13.8. The number of carbonyl (C=O) groups excluding carboxylic acids is 3. The van der Waals surface area contributed by atoms with Crippen molar-refractivity contribution in [1.82, 2.24) is 15.5 Å². The van der Waals surface area contributed by atoms with Gasteiger partial charge in [0.15, 0.2) is 0 Å². The molecule has 2 unspecified atom stereocenters. The maximum Gasteiger partial charge on any atom is 0.408 e. The Hall–Kier alpha value is -2.22. The number of aryl methyl sites for hydroxylation is 1. The van der Waals surface area contributed by atoms with Crippen LogP contribution in [0, 0.1) is 6.92 Å². The molecule has 0 aliphatic heterocycles. The van der Waals surface area contributed by atoms with E-state index in [0.29, 0.717) is 18.7 Å². The van der Waals surface area contributed by atoms with Gasteiger partial charge in [-0.3, -0.25) is 9.59 Å². The first-order chi connectivity index (χ1) is 16.2. The van der Waals surface area contributed by atoms with Crippen LogP contribution >= 0.6 is 11.8 Å². The number of nitrogens with zero attached hydrogens (tertiary/aromatic N) is 1. The van der Waals surface area contributed by atoms with Crippen LogP contribution in [0.4, 0.5) is 4.79 Å². The molecule has 3 amide bonds. The van der Waals surface area contributed by atoms with Crippen LogP contribution in [0.2, 0.25) is 0 Å². The highest BCUT2D eigenvalue weighted by molar-refractivity contribution is 7.98. The van der Waals surface area contributed by atoms with E-state index in [2.05, 4.69) is 17.6 Å². The number of hydrogen-bond donors (Lipinski definition) is 2. The first kappa shape index (κ1) is 30.8. The summed E-state index contributed by atoms with van der Waals surface area (Å²) in [7, 11) is 0. The van der Waals surface area contributed by atoms with Crippen molar-refractivity contribution in [1.29, 1.82) is 0 Å². The lowest BCUT2D eigenvalue weighted by molar-refractivity contribution is -0.148. The van der Waals surface area contributed by atoms with Crippen molar-refractivity contribution in [2.75, 3.05) is 18.6 Å². The van der Waals surface area contributed by atoms with Crippen LogP contribution in [-0.2, 0) is 14.3 Å². The lowest BCUT2D eigenvalue weighted by atomic mass is 9.92. The number of rotatable bonds is 11. The van der Waals surface area contributed by atoms with Crippen LogP contribution in [0.1, 0.15) is 84.9 Å². The summed E-state index contributed by atoms with van der Waals surface area (Å²) >= 11 is 1.59. The van der Waals surface area contributed by atoms with E-state index in [-0.39, 0.29) is 11.8 Å². The average Bonchev–Trinajstić information content (AvgIpc) is 2.73. The van der Waals surface area contributed by atoms with Crippen LogP contribution in [0.15, 0.2) is 24.3 Å². The van der Waals surface area contributed by atoms with Gasteiger partial charge < -0.3 is 20.3 Å². The molecule has 0 bridgehead atoms. The quantitative estimate of drug-likeness (QED) is 0.401. The molecule has 8 heteroatoms. The van der Waals surface area contributed by atoms with E-state index in [1.807, 2.05) is 58.2 Å². The molecule has 0 saturated carbocycles. The number of nitrogens with one attached hydrogen (secondary N) is 2. The van der Waals surface area contributed by atoms with Crippen molar-refractivity contribution < 1.29 is 19.1 Å². The predicted octanol–water partition coefficient (Wildman–Crippen LogP) is 5.23. The monoisotopic (exact) mass is 507 g/mol. The molecule has 1 rings (SSSR count). The Labute approximate surface area is 216 Å². The number of amides is 3. The van der Waals surface area contributed by atoms with Crippen LogP contribution in [0.25, 0.3) is 0 Å². The average molecular weight is 508 g/mol. The van der Waals surface area contributed by atoms with Crippen LogP contribution < -0.4 is 10.6 Å². The highest BCUT2D eigenvalue weighted by Crippen LogP contribution is 2.32. The Morgan fingerprint density at radius 1 is 1.09 bits per heavy atom. The van der Waals surface area contributed by atoms with E-state index in [0.717, 1.165) is 24.0 Å². The van der Waals surface area contributed by atoms with Crippen molar-refractivity contribution in [2.24, 2.45) is 0 Å². The van der Waals surface area contributed by atoms with Gasteiger partial charge in [-0.15, -0.1) is 0 Å². The molecule has 0 spiro atoms. The molecule has 198 valence electrons. The smallest absolute Gasteiger partial charge is 0.408 e. The van der Waals surface area contributed by atoms with Gasteiger partial charge in [0.05, 0.1) is 0 Å². The molecule has 2 N–H and O–H groups in total. The summed E-state index contributed by atoms with van der Waals surface area (Å²) in [5.41, 5.74) is 0.305. The normalized spacial score (nSPS) is 13.5. The highest BCUT2D eigenvalue weighted by Gasteiger charge is 2.42. The first-order valence-electron chi connectivity index (χ1n) is 12.4. The lowest BCUT2D eigenvalue weighted by Gasteiger charge is -2.43. The Morgan fingerprint density at radius 3 is 2.23 bits per heavy atom. The summed E-state index contributed by atoms with van der Waals surface area (Å²) < 4.78 is 5.43. The Kier molecular flexibility index (Phi) is 12.1. The number of ether oxygens (including phenoxy) is 1. The summed E-state index contributed by atoms with van der Waals surface area (Å²) in [6.45, 7) is 15.6. The third kappa shape index (κ3) is 10.1. The van der Waals surface area contributed by atoms with Crippen LogP contribution in [-0.4, -0.2) is 58.5 Å². The molecule has 2 atom stereocenters. The van der Waals surface area contributed by atoms with E-state index in [9.17, 15) is 14.4 Å². The summed E-state index contributed by atoms with van der Waals surface area (Å²) in [6.07, 6.45) is 3.53. The maximum absolute atomic E-state index is 14.1. The SMILES string of the molecule is CCCCNC(=O)C(c1ccccc1C)N(C(=O)C(CCSC)NC(=O)OC(C)(C)C)C(C)(C)C. The molecule has 0 saturated heterocycles. The molecule has 0 aliphatic carbocycles. The first-order valence-corrected chi connectivity index (χ1v) is 13.8. The Morgan fingerprint density at radius 2 is 1.71 bits per heavy atom. The summed E-state index contributed by atoms with van der Waals surface area (Å²) in [6, 6.07) is 5.97. The van der Waals surface area contributed by atoms with Gasteiger partial charge in [-0.05, 0) is 84.4 Å². The number of carbonyl (C=O) groups is 3. The van der Waals surface area contributed by atoms with Gasteiger partial charge in [-0.1, -0.05) is 37.6 Å². The zero-order valence-corrected chi connectivity index (χ0v) is 23.8. The molecule has 0 aliphatic rings. The molecular weight excluding hydrogens is 462 g/mol. The van der Waals surface area contributed by atoms with Crippen molar-refractivity contribution in [3.8, 4) is 0 Å². The van der Waals surface area contributed by atoms with E-state index in [1.165, 1.54) is 0 Å². The number of alkyl carbamates (subject to hydrolysis) is 1. The molecule has 1 aromatic carbocycles. The maximum atomic E-state index is 14.1. The van der Waals surface area contributed by atoms with Gasteiger partial charge in [-0.25, -0.2) is 4.79 Å². The topological polar surface area (TPSA) is 87.7 Å². The summed E-state index contributed by atoms with van der Waals surface area (Å²) in [5.74, 6) is 0.135.